The summed E-state index contributed by atoms with van der Waals surface area (Å²) in [6, 6.07) is 10.6. The number of sulfone groups is 1. The van der Waals surface area contributed by atoms with Gasteiger partial charge in [-0.25, -0.2) is 8.42 Å². The largest absolute Gasteiger partial charge is 0.416 e. The van der Waals surface area contributed by atoms with Gasteiger partial charge in [-0.1, -0.05) is 72.8 Å². The standard InChI is InChI=1S/C32H12BF24.C17H16NO2S/c34-25(35,36)13-1-14(26(37,38)39)6-21(5-13)33(22-7-15(27(40,41)42)2-16(8-22)28(43,44)45,23-9-17(29(46,47)48)3-18(10-23)30(49,50)51)24-11-19(31(52,53)54)4-20(12-24)32(55,56)57;1-21(19,20)16-10-8-14(9-11-16)13-18-12-4-6-15-5-2-3-7-17(15)18/h1-12H;2-12H,13H2,1H3/q-1;+1. The molecule has 0 aliphatic carbocycles. The number of alkyl halides is 24. The number of benzene rings is 6. The van der Waals surface area contributed by atoms with Crippen LogP contribution in [0.2, 0.25) is 0 Å². The second-order valence-corrected chi connectivity index (χ2v) is 19.3. The van der Waals surface area contributed by atoms with Crippen LogP contribution in [0.25, 0.3) is 10.9 Å². The van der Waals surface area contributed by atoms with Crippen LogP contribution in [0.5, 0.6) is 0 Å². The normalized spacial score (nSPS) is 13.6. The quantitative estimate of drug-likeness (QED) is 0.0906. The summed E-state index contributed by atoms with van der Waals surface area (Å²) in [5.74, 6) is 0. The summed E-state index contributed by atoms with van der Waals surface area (Å²) < 4.78 is 366. The van der Waals surface area contributed by atoms with Gasteiger partial charge in [-0.05, 0) is 48.5 Å². The van der Waals surface area contributed by atoms with E-state index in [0.29, 0.717) is 11.4 Å². The molecule has 7 rings (SSSR count). The average Bonchev–Trinajstić information content (AvgIpc) is 3.30. The molecule has 0 spiro atoms. The topological polar surface area (TPSA) is 38.0 Å². The molecule has 0 atom stereocenters. The van der Waals surface area contributed by atoms with Gasteiger partial charge in [0.05, 0.1) is 49.4 Å². The minimum Gasteiger partial charge on any atom is -0.224 e. The molecule has 1 aromatic heterocycles. The van der Waals surface area contributed by atoms with Crippen LogP contribution in [0.3, 0.4) is 0 Å². The van der Waals surface area contributed by atoms with Gasteiger partial charge in [0.2, 0.25) is 5.52 Å². The Labute approximate surface area is 423 Å². The molecule has 1 heterocycles. The number of aromatic nitrogens is 1. The highest BCUT2D eigenvalue weighted by molar-refractivity contribution is 7.90. The maximum atomic E-state index is 14.2. The fraction of sp³-hybridized carbons (Fsp3) is 0.204. The van der Waals surface area contributed by atoms with Crippen molar-refractivity contribution in [3.8, 4) is 0 Å². The van der Waals surface area contributed by atoms with Gasteiger partial charge in [0.25, 0.3) is 0 Å². The molecule has 0 amide bonds. The van der Waals surface area contributed by atoms with E-state index in [4.69, 9.17) is 0 Å². The summed E-state index contributed by atoms with van der Waals surface area (Å²) in [6.45, 7) is 0.714. The van der Waals surface area contributed by atoms with Crippen LogP contribution in [0, 0.1) is 0 Å². The van der Waals surface area contributed by atoms with Crippen LogP contribution < -0.4 is 26.4 Å². The van der Waals surface area contributed by atoms with Gasteiger partial charge in [0.15, 0.2) is 22.6 Å². The molecule has 29 heteroatoms. The lowest BCUT2D eigenvalue weighted by Crippen LogP contribution is -2.75. The Kier molecular flexibility index (Phi) is 15.8. The summed E-state index contributed by atoms with van der Waals surface area (Å²) in [5, 5.41) is 1.19. The van der Waals surface area contributed by atoms with Crippen molar-refractivity contribution in [3.63, 3.8) is 0 Å². The lowest BCUT2D eigenvalue weighted by Gasteiger charge is -2.46. The molecule has 0 aliphatic heterocycles. The molecule has 0 unspecified atom stereocenters. The summed E-state index contributed by atoms with van der Waals surface area (Å²) in [6.07, 6.45) is -51.5. The summed E-state index contributed by atoms with van der Waals surface area (Å²) in [7, 11) is -3.13. The van der Waals surface area contributed by atoms with Crippen LogP contribution in [0.1, 0.15) is 50.1 Å². The van der Waals surface area contributed by atoms with Gasteiger partial charge in [-0.3, -0.25) is 0 Å². The van der Waals surface area contributed by atoms with Crippen LogP contribution in [0.15, 0.2) is 145 Å². The van der Waals surface area contributed by atoms with Crippen molar-refractivity contribution in [1.82, 2.24) is 0 Å². The van der Waals surface area contributed by atoms with E-state index >= 15 is 0 Å². The number of para-hydroxylation sites is 1. The molecular formula is C49H28BF24NO2S. The number of fused-ring (bicyclic) bond motifs is 1. The van der Waals surface area contributed by atoms with E-state index in [2.05, 4.69) is 22.8 Å². The minimum atomic E-state index is -6.13. The Morgan fingerprint density at radius 3 is 0.872 bits per heavy atom. The zero-order chi connectivity index (χ0) is 58.8. The van der Waals surface area contributed by atoms with E-state index in [-0.39, 0.29) is 0 Å². The summed E-state index contributed by atoms with van der Waals surface area (Å²) in [4.78, 5) is 0.356. The van der Waals surface area contributed by atoms with Crippen molar-refractivity contribution in [2.45, 2.75) is 60.9 Å². The van der Waals surface area contributed by atoms with E-state index in [0.717, 1.165) is 11.1 Å². The molecule has 0 aliphatic rings. The number of nitrogens with zero attached hydrogens (tertiary/aromatic N) is 1. The highest BCUT2D eigenvalue weighted by Gasteiger charge is 2.47. The fourth-order valence-corrected chi connectivity index (χ4v) is 9.10. The first kappa shape index (κ1) is 60.3. The minimum absolute atomic E-state index is 0.356. The maximum Gasteiger partial charge on any atom is 0.416 e. The lowest BCUT2D eigenvalue weighted by atomic mass is 9.12. The first-order valence-corrected chi connectivity index (χ1v) is 23.2. The fourth-order valence-electron chi connectivity index (χ4n) is 8.47. The molecule has 78 heavy (non-hydrogen) atoms. The predicted octanol–water partition coefficient (Wildman–Crippen LogP) is 13.8. The molecule has 0 radical (unpaired) electrons. The Morgan fingerprint density at radius 2 is 0.615 bits per heavy atom. The molecule has 3 nitrogen and oxygen atoms in total. The van der Waals surface area contributed by atoms with Gasteiger partial charge < -0.3 is 0 Å². The van der Waals surface area contributed by atoms with E-state index < -0.39 is 205 Å². The van der Waals surface area contributed by atoms with Crippen LogP contribution in [0.4, 0.5) is 105 Å². The third-order valence-electron chi connectivity index (χ3n) is 11.9. The lowest BCUT2D eigenvalue weighted by molar-refractivity contribution is -0.662. The van der Waals surface area contributed by atoms with E-state index in [1.54, 1.807) is 12.1 Å². The van der Waals surface area contributed by atoms with Crippen molar-refractivity contribution in [1.29, 1.82) is 0 Å². The van der Waals surface area contributed by atoms with E-state index in [1.165, 1.54) is 11.6 Å². The molecule has 0 saturated carbocycles. The second kappa shape index (κ2) is 20.4. The third kappa shape index (κ3) is 13.5. The van der Waals surface area contributed by atoms with Crippen LogP contribution >= 0.6 is 0 Å². The van der Waals surface area contributed by atoms with Gasteiger partial charge in [-0.2, -0.15) is 132 Å². The molecular weight excluding hydrogens is 1130 g/mol. The van der Waals surface area contributed by atoms with Crippen molar-refractivity contribution >= 4 is 48.7 Å². The zero-order valence-electron chi connectivity index (χ0n) is 38.3. The molecule has 0 bridgehead atoms. The Morgan fingerprint density at radius 1 is 0.359 bits per heavy atom. The Balaban J connectivity index is 0.000000387. The number of halogens is 24. The van der Waals surface area contributed by atoms with Gasteiger partial charge >= 0.3 is 49.4 Å². The average molecular weight is 1160 g/mol. The monoisotopic (exact) mass is 1160 g/mol. The zero-order valence-corrected chi connectivity index (χ0v) is 39.1. The summed E-state index contributed by atoms with van der Waals surface area (Å²) in [5.41, 5.74) is -28.0. The summed E-state index contributed by atoms with van der Waals surface area (Å²) >= 11 is 0. The first-order valence-electron chi connectivity index (χ1n) is 21.3. The number of pyridine rings is 1. The second-order valence-electron chi connectivity index (χ2n) is 17.3. The molecule has 418 valence electrons. The maximum absolute atomic E-state index is 14.2. The van der Waals surface area contributed by atoms with E-state index in [9.17, 15) is 114 Å². The Bertz CT molecular complexity index is 3020. The van der Waals surface area contributed by atoms with E-state index in [1.807, 2.05) is 36.5 Å². The van der Waals surface area contributed by atoms with Gasteiger partial charge in [0, 0.05) is 29.3 Å². The van der Waals surface area contributed by atoms with Crippen molar-refractivity contribution < 1.29 is 118 Å². The van der Waals surface area contributed by atoms with Gasteiger partial charge in [-0.15, -0.1) is 0 Å². The molecule has 0 fully saturated rings. The third-order valence-corrected chi connectivity index (χ3v) is 13.1. The van der Waals surface area contributed by atoms with Crippen LogP contribution in [-0.4, -0.2) is 20.8 Å². The highest BCUT2D eigenvalue weighted by atomic mass is 32.2. The van der Waals surface area contributed by atoms with Crippen LogP contribution in [-0.2, 0) is 65.8 Å². The van der Waals surface area contributed by atoms with Crippen molar-refractivity contribution in [3.05, 3.63) is 190 Å². The molecule has 7 aromatic rings. The highest BCUT2D eigenvalue weighted by Crippen LogP contribution is 2.41. The number of hydrogen-bond donors (Lipinski definition) is 0. The molecule has 0 saturated heterocycles. The smallest absolute Gasteiger partial charge is 0.224 e. The van der Waals surface area contributed by atoms with Gasteiger partial charge in [0.1, 0.15) is 6.15 Å². The van der Waals surface area contributed by atoms with Crippen molar-refractivity contribution in [2.75, 3.05) is 6.26 Å². The first-order chi connectivity index (χ1) is 35.3. The Hall–Kier alpha value is -6.94. The number of rotatable bonds is 7. The predicted molar refractivity (Wildman–Crippen MR) is 233 cm³/mol. The molecule has 6 aromatic carbocycles. The molecule has 0 N–H and O–H groups in total. The SMILES string of the molecule is CS(=O)(=O)c1ccc(C[n+]2cccc3ccccc32)cc1.FC(F)(F)c1cc([B-](c2cc(C(F)(F)F)cc(C(F)(F)F)c2)(c2cc(C(F)(F)F)cc(C(F)(F)F)c2)c2cc(C(F)(F)F)cc(C(F)(F)F)c2)cc(C(F)(F)F)c1. The van der Waals surface area contributed by atoms with Crippen molar-refractivity contribution in [2.24, 2.45) is 0 Å². The number of hydrogen-bond acceptors (Lipinski definition) is 2.